The van der Waals surface area contributed by atoms with Gasteiger partial charge in [-0.3, -0.25) is 4.79 Å². The second-order valence-electron chi connectivity index (χ2n) is 4.60. The molecule has 0 heterocycles. The van der Waals surface area contributed by atoms with Gasteiger partial charge in [0.25, 0.3) is 5.91 Å². The summed E-state index contributed by atoms with van der Waals surface area (Å²) in [7, 11) is 1.74. The third-order valence-corrected chi connectivity index (χ3v) is 3.78. The first kappa shape index (κ1) is 12.8. The fraction of sp³-hybridized carbons (Fsp3) is 0.462. The van der Waals surface area contributed by atoms with Crippen LogP contribution in [0.15, 0.2) is 24.3 Å². The summed E-state index contributed by atoms with van der Waals surface area (Å²) < 4.78 is 1.11. The molecule has 0 saturated heterocycles. The van der Waals surface area contributed by atoms with Crippen LogP contribution in [0.25, 0.3) is 0 Å². The molecule has 1 atom stereocenters. The van der Waals surface area contributed by atoms with Gasteiger partial charge < -0.3 is 10.0 Å². The molecule has 1 aliphatic rings. The van der Waals surface area contributed by atoms with E-state index in [0.29, 0.717) is 18.0 Å². The summed E-state index contributed by atoms with van der Waals surface area (Å²) in [4.78, 5) is 13.6. The highest BCUT2D eigenvalue weighted by molar-refractivity contribution is 14.1. The number of benzene rings is 1. The lowest BCUT2D eigenvalue weighted by Crippen LogP contribution is -2.35. The molecule has 0 bridgehead atoms. The average molecular weight is 345 g/mol. The van der Waals surface area contributed by atoms with Crippen LogP contribution in [0.5, 0.6) is 0 Å². The summed E-state index contributed by atoms with van der Waals surface area (Å²) in [6.45, 7) is 0.426. The standard InChI is InChI=1S/C13H16INO2/c1-15(8-12(16)9-2-3-9)13(17)10-4-6-11(14)7-5-10/h4-7,9,12,16H,2-3,8H2,1H3. The Morgan fingerprint density at radius 2 is 2.06 bits per heavy atom. The Balaban J connectivity index is 1.96. The summed E-state index contributed by atoms with van der Waals surface area (Å²) in [6.07, 6.45) is 1.81. The summed E-state index contributed by atoms with van der Waals surface area (Å²) in [5.41, 5.74) is 0.677. The molecule has 4 heteroatoms. The van der Waals surface area contributed by atoms with Gasteiger partial charge in [0.2, 0.25) is 0 Å². The number of likely N-dealkylation sites (N-methyl/N-ethyl adjacent to an activating group) is 1. The van der Waals surface area contributed by atoms with Crippen molar-refractivity contribution in [1.29, 1.82) is 0 Å². The molecule has 1 aliphatic carbocycles. The Hall–Kier alpha value is -0.620. The predicted molar refractivity (Wildman–Crippen MR) is 74.9 cm³/mol. The molecular formula is C13H16INO2. The van der Waals surface area contributed by atoms with Crippen LogP contribution in [0.4, 0.5) is 0 Å². The van der Waals surface area contributed by atoms with Crippen molar-refractivity contribution in [1.82, 2.24) is 4.90 Å². The second-order valence-corrected chi connectivity index (χ2v) is 5.84. The van der Waals surface area contributed by atoms with Gasteiger partial charge in [-0.05, 0) is 65.6 Å². The summed E-state index contributed by atoms with van der Waals surface area (Å²) in [6, 6.07) is 7.48. The number of aliphatic hydroxyl groups is 1. The molecule has 0 aromatic heterocycles. The lowest BCUT2D eigenvalue weighted by molar-refractivity contribution is 0.0645. The van der Waals surface area contributed by atoms with E-state index in [0.717, 1.165) is 16.4 Å². The van der Waals surface area contributed by atoms with Crippen molar-refractivity contribution in [2.24, 2.45) is 5.92 Å². The minimum Gasteiger partial charge on any atom is -0.391 e. The van der Waals surface area contributed by atoms with Crippen LogP contribution < -0.4 is 0 Å². The number of amides is 1. The van der Waals surface area contributed by atoms with E-state index in [1.807, 2.05) is 24.3 Å². The monoisotopic (exact) mass is 345 g/mol. The molecule has 92 valence electrons. The molecule has 0 spiro atoms. The fourth-order valence-corrected chi connectivity index (χ4v) is 2.17. The molecule has 1 fully saturated rings. The number of carbonyl (C=O) groups is 1. The molecule has 1 N–H and O–H groups in total. The van der Waals surface area contributed by atoms with Crippen LogP contribution >= 0.6 is 22.6 Å². The van der Waals surface area contributed by atoms with Crippen molar-refractivity contribution in [2.75, 3.05) is 13.6 Å². The first-order chi connectivity index (χ1) is 8.08. The maximum atomic E-state index is 12.0. The Morgan fingerprint density at radius 3 is 2.59 bits per heavy atom. The van der Waals surface area contributed by atoms with Gasteiger partial charge in [-0.2, -0.15) is 0 Å². The highest BCUT2D eigenvalue weighted by Crippen LogP contribution is 2.32. The molecule has 1 aromatic rings. The third kappa shape index (κ3) is 3.42. The van der Waals surface area contributed by atoms with E-state index in [1.165, 1.54) is 0 Å². The number of aliphatic hydroxyl groups excluding tert-OH is 1. The van der Waals surface area contributed by atoms with Crippen LogP contribution in [-0.4, -0.2) is 35.6 Å². The van der Waals surface area contributed by atoms with Crippen LogP contribution in [0.2, 0.25) is 0 Å². The fourth-order valence-electron chi connectivity index (χ4n) is 1.81. The van der Waals surface area contributed by atoms with E-state index in [4.69, 9.17) is 0 Å². The highest BCUT2D eigenvalue weighted by Gasteiger charge is 2.31. The predicted octanol–water partition coefficient (Wildman–Crippen LogP) is 2.13. The van der Waals surface area contributed by atoms with Gasteiger partial charge in [0.05, 0.1) is 6.10 Å². The zero-order valence-corrected chi connectivity index (χ0v) is 11.9. The number of hydrogen-bond donors (Lipinski definition) is 1. The lowest BCUT2D eigenvalue weighted by Gasteiger charge is -2.20. The molecule has 17 heavy (non-hydrogen) atoms. The lowest BCUT2D eigenvalue weighted by atomic mass is 10.2. The van der Waals surface area contributed by atoms with E-state index in [1.54, 1.807) is 11.9 Å². The number of nitrogens with zero attached hydrogens (tertiary/aromatic N) is 1. The van der Waals surface area contributed by atoms with E-state index in [-0.39, 0.29) is 12.0 Å². The Bertz CT molecular complexity index is 400. The molecule has 1 aromatic carbocycles. The highest BCUT2D eigenvalue weighted by atomic mass is 127. The summed E-state index contributed by atoms with van der Waals surface area (Å²) in [5.74, 6) is 0.378. The third-order valence-electron chi connectivity index (χ3n) is 3.06. The zero-order chi connectivity index (χ0) is 12.4. The van der Waals surface area contributed by atoms with Crippen molar-refractivity contribution in [3.8, 4) is 0 Å². The summed E-state index contributed by atoms with van der Waals surface area (Å²) in [5, 5.41) is 9.80. The Kier molecular flexibility index (Phi) is 4.04. The van der Waals surface area contributed by atoms with Crippen LogP contribution in [0.3, 0.4) is 0 Å². The van der Waals surface area contributed by atoms with Crippen LogP contribution in [0, 0.1) is 9.49 Å². The zero-order valence-electron chi connectivity index (χ0n) is 9.77. The van der Waals surface area contributed by atoms with E-state index >= 15 is 0 Å². The molecule has 1 unspecified atom stereocenters. The van der Waals surface area contributed by atoms with Crippen LogP contribution in [-0.2, 0) is 0 Å². The molecular weight excluding hydrogens is 329 g/mol. The SMILES string of the molecule is CN(CC(O)C1CC1)C(=O)c1ccc(I)cc1. The van der Waals surface area contributed by atoms with Crippen molar-refractivity contribution in [3.63, 3.8) is 0 Å². The van der Waals surface area contributed by atoms with Gasteiger partial charge in [0.15, 0.2) is 0 Å². The largest absolute Gasteiger partial charge is 0.391 e. The van der Waals surface area contributed by atoms with Gasteiger partial charge in [-0.15, -0.1) is 0 Å². The van der Waals surface area contributed by atoms with Gasteiger partial charge >= 0.3 is 0 Å². The number of carbonyl (C=O) groups excluding carboxylic acids is 1. The number of rotatable bonds is 4. The van der Waals surface area contributed by atoms with Gasteiger partial charge in [-0.25, -0.2) is 0 Å². The molecule has 0 radical (unpaired) electrons. The van der Waals surface area contributed by atoms with E-state index < -0.39 is 0 Å². The van der Waals surface area contributed by atoms with Crippen LogP contribution in [0.1, 0.15) is 23.2 Å². The Morgan fingerprint density at radius 1 is 1.47 bits per heavy atom. The minimum atomic E-state index is -0.368. The Labute approximate surface area is 115 Å². The van der Waals surface area contributed by atoms with Crippen molar-refractivity contribution >= 4 is 28.5 Å². The molecule has 1 saturated carbocycles. The number of halogens is 1. The quantitative estimate of drug-likeness (QED) is 0.850. The first-order valence-corrected chi connectivity index (χ1v) is 6.85. The molecule has 0 aliphatic heterocycles. The van der Waals surface area contributed by atoms with Crippen molar-refractivity contribution in [3.05, 3.63) is 33.4 Å². The van der Waals surface area contributed by atoms with Gasteiger partial charge in [0, 0.05) is 22.7 Å². The van der Waals surface area contributed by atoms with Crippen molar-refractivity contribution < 1.29 is 9.90 Å². The van der Waals surface area contributed by atoms with E-state index in [2.05, 4.69) is 22.6 Å². The average Bonchev–Trinajstić information content (AvgIpc) is 3.12. The normalized spacial score (nSPS) is 16.6. The number of hydrogen-bond acceptors (Lipinski definition) is 2. The second kappa shape index (κ2) is 5.35. The minimum absolute atomic E-state index is 0.0268. The van der Waals surface area contributed by atoms with Crippen molar-refractivity contribution in [2.45, 2.75) is 18.9 Å². The topological polar surface area (TPSA) is 40.5 Å². The summed E-state index contributed by atoms with van der Waals surface area (Å²) >= 11 is 2.21. The first-order valence-electron chi connectivity index (χ1n) is 5.77. The van der Waals surface area contributed by atoms with Gasteiger partial charge in [0.1, 0.15) is 0 Å². The molecule has 2 rings (SSSR count). The maximum Gasteiger partial charge on any atom is 0.253 e. The van der Waals surface area contributed by atoms with E-state index in [9.17, 15) is 9.90 Å². The molecule has 1 amide bonds. The smallest absolute Gasteiger partial charge is 0.253 e. The maximum absolute atomic E-state index is 12.0. The van der Waals surface area contributed by atoms with Gasteiger partial charge in [-0.1, -0.05) is 0 Å². The molecule has 3 nitrogen and oxygen atoms in total.